The average Bonchev–Trinajstić information content (AvgIpc) is 3.88. The summed E-state index contributed by atoms with van der Waals surface area (Å²) in [4.78, 5) is 57.8. The fourth-order valence-electron chi connectivity index (χ4n) is 7.62. The third kappa shape index (κ3) is 3.83. The first-order valence-corrected chi connectivity index (χ1v) is 17.6. The van der Waals surface area contributed by atoms with E-state index in [1.807, 2.05) is 12.1 Å². The molecule has 0 N–H and O–H groups in total. The number of Topliss-reactive ketones (excluding diaryl/α,β-unsaturated/α-hetero) is 4. The van der Waals surface area contributed by atoms with E-state index < -0.39 is 57.2 Å². The summed E-state index contributed by atoms with van der Waals surface area (Å²) < 4.78 is 55.5. The molecule has 3 heterocycles. The van der Waals surface area contributed by atoms with Gasteiger partial charge in [0, 0.05) is 62.3 Å². The van der Waals surface area contributed by atoms with Gasteiger partial charge in [-0.1, -0.05) is 27.7 Å². The zero-order valence-electron chi connectivity index (χ0n) is 26.0. The first-order chi connectivity index (χ1) is 23.1. The molecule has 2 aromatic carbocycles. The van der Waals surface area contributed by atoms with E-state index in [2.05, 4.69) is 27.7 Å². The van der Waals surface area contributed by atoms with Gasteiger partial charge in [-0.25, -0.2) is 17.6 Å². The van der Waals surface area contributed by atoms with Crippen molar-refractivity contribution in [3.8, 4) is 19.5 Å². The Hall–Kier alpha value is -4.58. The molecule has 9 rings (SSSR count). The molecular formula is C38H20F4O4S3. The van der Waals surface area contributed by atoms with Crippen LogP contribution in [0.5, 0.6) is 0 Å². The van der Waals surface area contributed by atoms with Crippen LogP contribution in [0.4, 0.5) is 17.6 Å². The smallest absolute Gasteiger partial charge is 0.197 e. The van der Waals surface area contributed by atoms with E-state index in [1.54, 1.807) is 11.3 Å². The summed E-state index contributed by atoms with van der Waals surface area (Å²) in [6.07, 6.45) is 3.02. The first-order valence-electron chi connectivity index (χ1n) is 15.2. The monoisotopic (exact) mass is 712 g/mol. The van der Waals surface area contributed by atoms with Crippen LogP contribution < -0.4 is 0 Å². The minimum Gasteiger partial charge on any atom is -0.288 e. The second-order valence-corrected chi connectivity index (χ2v) is 16.8. The van der Waals surface area contributed by atoms with Crippen molar-refractivity contribution in [2.45, 2.75) is 38.5 Å². The van der Waals surface area contributed by atoms with E-state index >= 15 is 0 Å². The van der Waals surface area contributed by atoms with Crippen molar-refractivity contribution in [1.29, 1.82) is 0 Å². The summed E-state index contributed by atoms with van der Waals surface area (Å²) in [5, 5.41) is 0. The molecule has 4 aliphatic rings. The van der Waals surface area contributed by atoms with Gasteiger partial charge in [0.2, 0.25) is 0 Å². The largest absolute Gasteiger partial charge is 0.288 e. The summed E-state index contributed by atoms with van der Waals surface area (Å²) >= 11 is 4.55. The average molecular weight is 713 g/mol. The highest BCUT2D eigenvalue weighted by Crippen LogP contribution is 2.66. The molecule has 11 heteroatoms. The van der Waals surface area contributed by atoms with Crippen molar-refractivity contribution in [3.63, 3.8) is 0 Å². The normalized spacial score (nSPS) is 17.4. The van der Waals surface area contributed by atoms with Gasteiger partial charge in [0.25, 0.3) is 0 Å². The lowest BCUT2D eigenvalue weighted by Crippen LogP contribution is -2.23. The third-order valence-electron chi connectivity index (χ3n) is 10.1. The van der Waals surface area contributed by atoms with E-state index in [0.29, 0.717) is 9.75 Å². The molecule has 0 bridgehead atoms. The molecule has 49 heavy (non-hydrogen) atoms. The molecule has 0 unspecified atom stereocenters. The molecule has 0 amide bonds. The van der Waals surface area contributed by atoms with Crippen LogP contribution in [0.1, 0.15) is 101 Å². The number of hydrogen-bond acceptors (Lipinski definition) is 7. The Bertz CT molecular complexity index is 2310. The highest BCUT2D eigenvalue weighted by atomic mass is 32.1. The summed E-state index contributed by atoms with van der Waals surface area (Å²) in [6, 6.07) is 7.05. The fraction of sp³-hybridized carbons (Fsp3) is 0.158. The molecule has 0 saturated carbocycles. The Morgan fingerprint density at radius 3 is 1.08 bits per heavy atom. The lowest BCUT2D eigenvalue weighted by molar-refractivity contribution is 0.0975. The lowest BCUT2D eigenvalue weighted by atomic mass is 9.74. The van der Waals surface area contributed by atoms with Crippen molar-refractivity contribution in [2.75, 3.05) is 0 Å². The van der Waals surface area contributed by atoms with Crippen LogP contribution in [0, 0.1) is 23.3 Å². The number of carbonyl (C=O) groups excluding carboxylic acids is 4. The van der Waals surface area contributed by atoms with Crippen molar-refractivity contribution >= 4 is 69.3 Å². The quantitative estimate of drug-likeness (QED) is 0.104. The highest BCUT2D eigenvalue weighted by molar-refractivity contribution is 7.27. The lowest BCUT2D eigenvalue weighted by Gasteiger charge is -2.28. The number of ketones is 4. The molecule has 242 valence electrons. The van der Waals surface area contributed by atoms with Crippen LogP contribution in [0.3, 0.4) is 0 Å². The van der Waals surface area contributed by atoms with Crippen LogP contribution in [-0.2, 0) is 10.8 Å². The standard InChI is InChI=1S/C38H20F4O4S3/c1-37(2)21-7-13(5-19-29(43)15-9-23(39)24(40)10-16(15)30(19)44)47-33(21)35-27(37)28-36(49-35)34-22(38(28,3)4)8-14(48-34)6-20-31(45)17-11-25(41)26(42)12-18(17)32(20)46/h5-12H,1-4H3. The second kappa shape index (κ2) is 9.56. The van der Waals surface area contributed by atoms with E-state index in [-0.39, 0.29) is 33.4 Å². The van der Waals surface area contributed by atoms with E-state index in [9.17, 15) is 36.7 Å². The Morgan fingerprint density at radius 1 is 0.469 bits per heavy atom. The van der Waals surface area contributed by atoms with Gasteiger partial charge in [-0.3, -0.25) is 19.2 Å². The van der Waals surface area contributed by atoms with E-state index in [4.69, 9.17) is 0 Å². The van der Waals surface area contributed by atoms with E-state index in [0.717, 1.165) is 54.9 Å². The van der Waals surface area contributed by atoms with Crippen molar-refractivity contribution in [2.24, 2.45) is 0 Å². The van der Waals surface area contributed by atoms with Gasteiger partial charge >= 0.3 is 0 Å². The molecule has 4 aliphatic carbocycles. The molecule has 0 fully saturated rings. The molecule has 3 aromatic heterocycles. The zero-order valence-corrected chi connectivity index (χ0v) is 28.4. The number of hydrogen-bond donors (Lipinski definition) is 0. The molecule has 0 atom stereocenters. The first kappa shape index (κ1) is 30.5. The number of halogens is 4. The van der Waals surface area contributed by atoms with Crippen LogP contribution in [0.15, 0.2) is 47.5 Å². The number of allylic oxidation sites excluding steroid dienone is 2. The van der Waals surface area contributed by atoms with Crippen molar-refractivity contribution in [1.82, 2.24) is 0 Å². The Balaban J connectivity index is 1.11. The molecular weight excluding hydrogens is 693 g/mol. The SMILES string of the molecule is CC1(C)c2cc(C=C3C(=O)c4cc(F)c(F)cc4C3=O)sc2-c2sc3c(c21)C(C)(C)c1cc(C=C2C(=O)c4cc(F)c(F)cc4C2=O)sc1-3. The zero-order chi connectivity index (χ0) is 34.6. The molecule has 5 aromatic rings. The van der Waals surface area contributed by atoms with Crippen LogP contribution >= 0.6 is 34.0 Å². The molecule has 0 spiro atoms. The number of benzene rings is 2. The number of fused-ring (bicyclic) bond motifs is 9. The third-order valence-corrected chi connectivity index (χ3v) is 13.8. The predicted octanol–water partition coefficient (Wildman–Crippen LogP) is 9.97. The Morgan fingerprint density at radius 2 is 0.776 bits per heavy atom. The highest BCUT2D eigenvalue weighted by Gasteiger charge is 2.50. The maximum Gasteiger partial charge on any atom is 0.197 e. The molecule has 0 aliphatic heterocycles. The van der Waals surface area contributed by atoms with Gasteiger partial charge in [-0.2, -0.15) is 0 Å². The predicted molar refractivity (Wildman–Crippen MR) is 181 cm³/mol. The summed E-state index contributed by atoms with van der Waals surface area (Å²) in [5.41, 5.74) is 2.85. The van der Waals surface area contributed by atoms with Gasteiger partial charge < -0.3 is 0 Å². The second-order valence-electron chi connectivity index (χ2n) is 13.6. The number of carbonyl (C=O) groups is 4. The minimum atomic E-state index is -1.18. The summed E-state index contributed by atoms with van der Waals surface area (Å²) in [6.45, 7) is 8.56. The van der Waals surface area contributed by atoms with Crippen LogP contribution in [-0.4, -0.2) is 23.1 Å². The van der Waals surface area contributed by atoms with Gasteiger partial charge in [0.15, 0.2) is 46.4 Å². The van der Waals surface area contributed by atoms with Crippen LogP contribution in [0.25, 0.3) is 31.7 Å². The van der Waals surface area contributed by atoms with Gasteiger partial charge in [0.05, 0.1) is 11.1 Å². The minimum absolute atomic E-state index is 0.129. The van der Waals surface area contributed by atoms with Crippen LogP contribution in [0.2, 0.25) is 0 Å². The molecule has 0 radical (unpaired) electrons. The van der Waals surface area contributed by atoms with Gasteiger partial charge in [0.1, 0.15) is 0 Å². The topological polar surface area (TPSA) is 68.3 Å². The summed E-state index contributed by atoms with van der Waals surface area (Å²) in [7, 11) is 0. The van der Waals surface area contributed by atoms with E-state index in [1.165, 1.54) is 46.0 Å². The molecule has 4 nitrogen and oxygen atoms in total. The van der Waals surface area contributed by atoms with Crippen molar-refractivity contribution in [3.05, 3.63) is 125 Å². The summed E-state index contributed by atoms with van der Waals surface area (Å²) in [5.74, 6) is -7.27. The van der Waals surface area contributed by atoms with Gasteiger partial charge in [-0.05, 0) is 70.8 Å². The number of rotatable bonds is 2. The molecule has 0 saturated heterocycles. The Kier molecular flexibility index (Phi) is 5.94. The Labute approximate surface area is 288 Å². The maximum atomic E-state index is 13.9. The van der Waals surface area contributed by atoms with Gasteiger partial charge in [-0.15, -0.1) is 34.0 Å². The van der Waals surface area contributed by atoms with Crippen molar-refractivity contribution < 1.29 is 36.7 Å². The number of thiophene rings is 3. The maximum absolute atomic E-state index is 13.9. The fourth-order valence-corrected chi connectivity index (χ4v) is 12.1.